The first-order valence-corrected chi connectivity index (χ1v) is 8.66. The topological polar surface area (TPSA) is 84.1 Å². The molecule has 0 saturated heterocycles. The number of aryl methyl sites for hydroxylation is 2. The summed E-state index contributed by atoms with van der Waals surface area (Å²) in [5, 5.41) is 3.20. The maximum Gasteiger partial charge on any atom is 0.338 e. The van der Waals surface area contributed by atoms with Crippen LogP contribution in [0, 0.1) is 13.8 Å². The first-order chi connectivity index (χ1) is 12.9. The number of imidazole rings is 1. The second kappa shape index (κ2) is 8.05. The summed E-state index contributed by atoms with van der Waals surface area (Å²) >= 11 is 5.79. The minimum Gasteiger partial charge on any atom is -0.452 e. The van der Waals surface area contributed by atoms with Gasteiger partial charge in [-0.1, -0.05) is 23.7 Å². The maximum atomic E-state index is 12.1. The van der Waals surface area contributed by atoms with E-state index in [-0.39, 0.29) is 6.61 Å². The van der Waals surface area contributed by atoms with Gasteiger partial charge in [-0.25, -0.2) is 9.78 Å². The van der Waals surface area contributed by atoms with Gasteiger partial charge in [-0.2, -0.15) is 0 Å². The third-order valence-electron chi connectivity index (χ3n) is 3.98. The molecule has 7 heteroatoms. The third-order valence-corrected chi connectivity index (χ3v) is 4.24. The molecule has 2 N–H and O–H groups in total. The number of aromatic amines is 1. The zero-order valence-electron chi connectivity index (χ0n) is 14.9. The van der Waals surface area contributed by atoms with Crippen LogP contribution in [0.4, 0.5) is 5.69 Å². The third kappa shape index (κ3) is 4.74. The highest BCUT2D eigenvalue weighted by atomic mass is 35.5. The van der Waals surface area contributed by atoms with Gasteiger partial charge >= 0.3 is 5.97 Å². The summed E-state index contributed by atoms with van der Waals surface area (Å²) in [7, 11) is 0. The van der Waals surface area contributed by atoms with Crippen LogP contribution in [0.5, 0.6) is 0 Å². The Bertz CT molecular complexity index is 944. The number of benzene rings is 2. The van der Waals surface area contributed by atoms with Crippen molar-refractivity contribution in [2.75, 3.05) is 11.9 Å². The Morgan fingerprint density at radius 2 is 1.74 bits per heavy atom. The average Bonchev–Trinajstić information content (AvgIpc) is 3.00. The summed E-state index contributed by atoms with van der Waals surface area (Å²) in [6.07, 6.45) is 0. The average molecular weight is 384 g/mol. The Hall–Kier alpha value is -3.12. The van der Waals surface area contributed by atoms with Crippen LogP contribution in [-0.2, 0) is 9.53 Å². The van der Waals surface area contributed by atoms with Crippen LogP contribution in [0.3, 0.4) is 0 Å². The van der Waals surface area contributed by atoms with E-state index >= 15 is 0 Å². The minimum atomic E-state index is -0.570. The molecular weight excluding hydrogens is 366 g/mol. The Kier molecular flexibility index (Phi) is 5.57. The van der Waals surface area contributed by atoms with E-state index in [9.17, 15) is 9.59 Å². The van der Waals surface area contributed by atoms with Crippen LogP contribution in [0.15, 0.2) is 48.5 Å². The molecule has 3 aromatic rings. The summed E-state index contributed by atoms with van der Waals surface area (Å²) < 4.78 is 5.05. The summed E-state index contributed by atoms with van der Waals surface area (Å²) in [5.74, 6) is -0.254. The van der Waals surface area contributed by atoms with Crippen molar-refractivity contribution in [2.24, 2.45) is 0 Å². The quantitative estimate of drug-likeness (QED) is 0.648. The van der Waals surface area contributed by atoms with Crippen molar-refractivity contribution >= 4 is 29.2 Å². The second-order valence-electron chi connectivity index (χ2n) is 6.00. The summed E-state index contributed by atoms with van der Waals surface area (Å²) in [6, 6.07) is 13.5. The van der Waals surface area contributed by atoms with Gasteiger partial charge in [0.2, 0.25) is 0 Å². The van der Waals surface area contributed by atoms with Crippen LogP contribution in [0.2, 0.25) is 5.02 Å². The molecule has 1 amide bonds. The highest BCUT2D eigenvalue weighted by molar-refractivity contribution is 6.30. The van der Waals surface area contributed by atoms with E-state index < -0.39 is 11.9 Å². The van der Waals surface area contributed by atoms with Gasteiger partial charge in [-0.05, 0) is 50.2 Å². The predicted octanol–water partition coefficient (Wildman–Crippen LogP) is 4.14. The lowest BCUT2D eigenvalue weighted by Crippen LogP contribution is -2.20. The number of anilines is 1. The number of rotatable bonds is 5. The Balaban J connectivity index is 1.56. The normalized spacial score (nSPS) is 10.5. The van der Waals surface area contributed by atoms with Crippen molar-refractivity contribution in [1.82, 2.24) is 9.97 Å². The number of nitrogens with zero attached hydrogens (tertiary/aromatic N) is 1. The molecule has 0 bridgehead atoms. The second-order valence-corrected chi connectivity index (χ2v) is 6.44. The van der Waals surface area contributed by atoms with E-state index in [1.807, 2.05) is 13.8 Å². The number of amides is 1. The molecule has 0 fully saturated rings. The molecule has 0 saturated carbocycles. The molecule has 0 unspecified atom stereocenters. The molecule has 138 valence electrons. The van der Waals surface area contributed by atoms with Crippen molar-refractivity contribution in [3.05, 3.63) is 70.5 Å². The molecule has 0 aliphatic rings. The van der Waals surface area contributed by atoms with Gasteiger partial charge < -0.3 is 15.0 Å². The van der Waals surface area contributed by atoms with E-state index in [0.29, 0.717) is 16.3 Å². The first-order valence-electron chi connectivity index (χ1n) is 8.28. The minimum absolute atomic E-state index is 0.359. The van der Waals surface area contributed by atoms with E-state index in [0.717, 1.165) is 22.8 Å². The number of carbonyl (C=O) groups excluding carboxylic acids is 2. The molecule has 2 aromatic carbocycles. The Morgan fingerprint density at radius 1 is 1.07 bits per heavy atom. The molecule has 0 aliphatic heterocycles. The number of nitrogens with one attached hydrogen (secondary N) is 2. The van der Waals surface area contributed by atoms with Crippen LogP contribution in [0.1, 0.15) is 21.7 Å². The van der Waals surface area contributed by atoms with Crippen LogP contribution < -0.4 is 5.32 Å². The van der Waals surface area contributed by atoms with E-state index in [2.05, 4.69) is 15.3 Å². The first kappa shape index (κ1) is 18.7. The largest absolute Gasteiger partial charge is 0.452 e. The number of aromatic nitrogens is 2. The lowest BCUT2D eigenvalue weighted by Gasteiger charge is -2.07. The molecule has 3 rings (SSSR count). The summed E-state index contributed by atoms with van der Waals surface area (Å²) in [4.78, 5) is 31.6. The van der Waals surface area contributed by atoms with Crippen LogP contribution >= 0.6 is 11.6 Å². The fourth-order valence-electron chi connectivity index (χ4n) is 2.39. The molecule has 1 aromatic heterocycles. The Labute approximate surface area is 161 Å². The van der Waals surface area contributed by atoms with Crippen molar-refractivity contribution < 1.29 is 14.3 Å². The van der Waals surface area contributed by atoms with Crippen LogP contribution in [0.25, 0.3) is 11.4 Å². The molecule has 0 atom stereocenters. The smallest absolute Gasteiger partial charge is 0.338 e. The SMILES string of the molecule is Cc1nc(-c2ccc(C(=O)OCC(=O)Nc3ccc(Cl)cc3)cc2)[nH]c1C. The van der Waals surface area contributed by atoms with E-state index in [1.165, 1.54) is 0 Å². The lowest BCUT2D eigenvalue weighted by atomic mass is 10.1. The van der Waals surface area contributed by atoms with Gasteiger partial charge in [0, 0.05) is 22.0 Å². The van der Waals surface area contributed by atoms with Gasteiger partial charge in [0.25, 0.3) is 5.91 Å². The van der Waals surface area contributed by atoms with Gasteiger partial charge in [0.05, 0.1) is 11.3 Å². The number of hydrogen-bond acceptors (Lipinski definition) is 4. The molecule has 0 aliphatic carbocycles. The Morgan fingerprint density at radius 3 is 2.33 bits per heavy atom. The standard InChI is InChI=1S/C20H18ClN3O3/c1-12-13(2)23-19(22-12)14-3-5-15(6-4-14)20(26)27-11-18(25)24-17-9-7-16(21)8-10-17/h3-10H,11H2,1-2H3,(H,22,23)(H,24,25). The highest BCUT2D eigenvalue weighted by Crippen LogP contribution is 2.19. The van der Waals surface area contributed by atoms with Crippen molar-refractivity contribution in [3.63, 3.8) is 0 Å². The van der Waals surface area contributed by atoms with Crippen molar-refractivity contribution in [3.8, 4) is 11.4 Å². The van der Waals surface area contributed by atoms with Gasteiger partial charge in [-0.15, -0.1) is 0 Å². The number of halogens is 1. The van der Waals surface area contributed by atoms with Gasteiger partial charge in [-0.3, -0.25) is 4.79 Å². The monoisotopic (exact) mass is 383 g/mol. The molecule has 0 radical (unpaired) electrons. The number of hydrogen-bond donors (Lipinski definition) is 2. The zero-order chi connectivity index (χ0) is 19.4. The lowest BCUT2D eigenvalue weighted by molar-refractivity contribution is -0.119. The van der Waals surface area contributed by atoms with E-state index in [1.54, 1.807) is 48.5 Å². The zero-order valence-corrected chi connectivity index (χ0v) is 15.6. The van der Waals surface area contributed by atoms with Crippen molar-refractivity contribution in [2.45, 2.75) is 13.8 Å². The van der Waals surface area contributed by atoms with Crippen LogP contribution in [-0.4, -0.2) is 28.5 Å². The number of esters is 1. The van der Waals surface area contributed by atoms with Gasteiger partial charge in [0.1, 0.15) is 5.82 Å². The van der Waals surface area contributed by atoms with Crippen molar-refractivity contribution in [1.29, 1.82) is 0 Å². The number of carbonyl (C=O) groups is 2. The number of ether oxygens (including phenoxy) is 1. The summed E-state index contributed by atoms with van der Waals surface area (Å²) in [5.41, 5.74) is 3.73. The highest BCUT2D eigenvalue weighted by Gasteiger charge is 2.12. The van der Waals surface area contributed by atoms with E-state index in [4.69, 9.17) is 16.3 Å². The fraction of sp³-hybridized carbons (Fsp3) is 0.150. The van der Waals surface area contributed by atoms with Gasteiger partial charge in [0.15, 0.2) is 6.61 Å². The number of H-pyrrole nitrogens is 1. The molecule has 0 spiro atoms. The molecule has 6 nitrogen and oxygen atoms in total. The molecule has 27 heavy (non-hydrogen) atoms. The predicted molar refractivity (Wildman–Crippen MR) is 104 cm³/mol. The molecule has 1 heterocycles. The fourth-order valence-corrected chi connectivity index (χ4v) is 2.52. The molecular formula is C20H18ClN3O3. The maximum absolute atomic E-state index is 12.1. The summed E-state index contributed by atoms with van der Waals surface area (Å²) in [6.45, 7) is 3.50.